The standard InChI is InChI=1S/C18H13NO6S/c20-19(21)14-6-12-18(13-7-14)26(22,23)25-17-10-8-16(9-11-17)24-15-4-2-1-3-5-15/h1-13H. The van der Waals surface area contributed by atoms with E-state index in [1.165, 1.54) is 12.1 Å². The third-order valence-corrected chi connectivity index (χ3v) is 4.61. The van der Waals surface area contributed by atoms with Gasteiger partial charge in [-0.25, -0.2) is 0 Å². The largest absolute Gasteiger partial charge is 0.457 e. The third-order valence-electron chi connectivity index (χ3n) is 3.34. The molecule has 3 rings (SSSR count). The number of benzene rings is 3. The van der Waals surface area contributed by atoms with E-state index in [2.05, 4.69) is 0 Å². The highest BCUT2D eigenvalue weighted by atomic mass is 32.2. The van der Waals surface area contributed by atoms with Gasteiger partial charge < -0.3 is 8.92 Å². The number of nitro groups is 1. The van der Waals surface area contributed by atoms with Crippen LogP contribution in [0.2, 0.25) is 0 Å². The molecule has 0 aliphatic carbocycles. The third kappa shape index (κ3) is 4.17. The molecule has 0 fully saturated rings. The van der Waals surface area contributed by atoms with E-state index in [0.717, 1.165) is 24.3 Å². The van der Waals surface area contributed by atoms with Gasteiger partial charge in [0.2, 0.25) is 0 Å². The van der Waals surface area contributed by atoms with Gasteiger partial charge >= 0.3 is 10.1 Å². The fourth-order valence-electron chi connectivity index (χ4n) is 2.10. The molecule has 0 saturated heterocycles. The van der Waals surface area contributed by atoms with E-state index in [-0.39, 0.29) is 16.3 Å². The molecule has 0 atom stereocenters. The SMILES string of the molecule is O=[N+]([O-])c1ccc(S(=O)(=O)Oc2ccc(Oc3ccccc3)cc2)cc1. The van der Waals surface area contributed by atoms with Crippen LogP contribution in [0.3, 0.4) is 0 Å². The Morgan fingerprint density at radius 2 is 1.27 bits per heavy atom. The molecule has 0 aromatic heterocycles. The van der Waals surface area contributed by atoms with Gasteiger partial charge in [0, 0.05) is 12.1 Å². The lowest BCUT2D eigenvalue weighted by Crippen LogP contribution is -2.09. The summed E-state index contributed by atoms with van der Waals surface area (Å²) in [6, 6.07) is 19.7. The normalized spacial score (nSPS) is 10.9. The molecule has 0 saturated carbocycles. The molecule has 3 aromatic carbocycles. The van der Waals surface area contributed by atoms with Gasteiger partial charge in [0.15, 0.2) is 0 Å². The van der Waals surface area contributed by atoms with Gasteiger partial charge in [0.05, 0.1) is 4.92 Å². The number of hydrogen-bond acceptors (Lipinski definition) is 6. The Kier molecular flexibility index (Phi) is 4.85. The molecular weight excluding hydrogens is 358 g/mol. The number of hydrogen-bond donors (Lipinski definition) is 0. The fraction of sp³-hybridized carbons (Fsp3) is 0. The van der Waals surface area contributed by atoms with Crippen LogP contribution in [0.25, 0.3) is 0 Å². The molecule has 0 aliphatic rings. The van der Waals surface area contributed by atoms with Crippen molar-refractivity contribution in [3.8, 4) is 17.2 Å². The van der Waals surface area contributed by atoms with E-state index < -0.39 is 15.0 Å². The molecule has 132 valence electrons. The Balaban J connectivity index is 1.72. The molecule has 0 N–H and O–H groups in total. The molecule has 0 radical (unpaired) electrons. The van der Waals surface area contributed by atoms with Crippen LogP contribution in [0.1, 0.15) is 0 Å². The van der Waals surface area contributed by atoms with Crippen LogP contribution >= 0.6 is 0 Å². The lowest BCUT2D eigenvalue weighted by Gasteiger charge is -2.09. The zero-order valence-corrected chi connectivity index (χ0v) is 14.1. The maximum absolute atomic E-state index is 12.2. The van der Waals surface area contributed by atoms with Crippen molar-refractivity contribution in [2.24, 2.45) is 0 Å². The van der Waals surface area contributed by atoms with Crippen molar-refractivity contribution in [3.05, 3.63) is 89.0 Å². The highest BCUT2D eigenvalue weighted by molar-refractivity contribution is 7.87. The molecule has 0 unspecified atom stereocenters. The number of ether oxygens (including phenoxy) is 1. The molecule has 0 amide bonds. The predicted octanol–water partition coefficient (Wildman–Crippen LogP) is 4.15. The first-order valence-corrected chi connectivity index (χ1v) is 8.87. The Morgan fingerprint density at radius 3 is 1.85 bits per heavy atom. The monoisotopic (exact) mass is 371 g/mol. The second kappa shape index (κ2) is 7.24. The average molecular weight is 371 g/mol. The van der Waals surface area contributed by atoms with Gasteiger partial charge in [-0.3, -0.25) is 10.1 Å². The van der Waals surface area contributed by atoms with Gasteiger partial charge in [-0.05, 0) is 48.5 Å². The Hall–Kier alpha value is -3.39. The highest BCUT2D eigenvalue weighted by Crippen LogP contribution is 2.26. The van der Waals surface area contributed by atoms with E-state index in [4.69, 9.17) is 8.92 Å². The summed E-state index contributed by atoms with van der Waals surface area (Å²) in [6.45, 7) is 0. The van der Waals surface area contributed by atoms with Crippen LogP contribution < -0.4 is 8.92 Å². The maximum atomic E-state index is 12.2. The molecule has 0 heterocycles. The van der Waals surface area contributed by atoms with Crippen LogP contribution in [-0.4, -0.2) is 13.3 Å². The van der Waals surface area contributed by atoms with Gasteiger partial charge in [0.1, 0.15) is 22.1 Å². The quantitative estimate of drug-likeness (QED) is 0.367. The predicted molar refractivity (Wildman–Crippen MR) is 93.9 cm³/mol. The lowest BCUT2D eigenvalue weighted by molar-refractivity contribution is -0.384. The van der Waals surface area contributed by atoms with Crippen molar-refractivity contribution in [2.75, 3.05) is 0 Å². The van der Waals surface area contributed by atoms with Gasteiger partial charge in [-0.2, -0.15) is 8.42 Å². The summed E-state index contributed by atoms with van der Waals surface area (Å²) in [5.74, 6) is 1.28. The van der Waals surface area contributed by atoms with Crippen LogP contribution in [0, 0.1) is 10.1 Å². The van der Waals surface area contributed by atoms with E-state index >= 15 is 0 Å². The van der Waals surface area contributed by atoms with Crippen LogP contribution in [0.5, 0.6) is 17.2 Å². The smallest absolute Gasteiger partial charge is 0.339 e. The van der Waals surface area contributed by atoms with Crippen molar-refractivity contribution >= 4 is 15.8 Å². The van der Waals surface area contributed by atoms with Gasteiger partial charge in [-0.15, -0.1) is 0 Å². The van der Waals surface area contributed by atoms with Crippen molar-refractivity contribution in [1.82, 2.24) is 0 Å². The van der Waals surface area contributed by atoms with Gasteiger partial charge in [-0.1, -0.05) is 18.2 Å². The summed E-state index contributed by atoms with van der Waals surface area (Å²) >= 11 is 0. The van der Waals surface area contributed by atoms with E-state index in [9.17, 15) is 18.5 Å². The van der Waals surface area contributed by atoms with Crippen LogP contribution in [-0.2, 0) is 10.1 Å². The van der Waals surface area contributed by atoms with Crippen molar-refractivity contribution < 1.29 is 22.3 Å². The summed E-state index contributed by atoms with van der Waals surface area (Å²) in [7, 11) is -4.09. The Morgan fingerprint density at radius 1 is 0.731 bits per heavy atom. The second-order valence-corrected chi connectivity index (χ2v) is 6.72. The van der Waals surface area contributed by atoms with Crippen molar-refractivity contribution in [3.63, 3.8) is 0 Å². The molecule has 0 aliphatic heterocycles. The first-order chi connectivity index (χ1) is 12.4. The minimum atomic E-state index is -4.09. The maximum Gasteiger partial charge on any atom is 0.339 e. The Bertz CT molecular complexity index is 1000. The van der Waals surface area contributed by atoms with E-state index in [1.807, 2.05) is 18.2 Å². The summed E-state index contributed by atoms with van der Waals surface area (Å²) in [6.07, 6.45) is 0. The first-order valence-electron chi connectivity index (χ1n) is 7.46. The number of para-hydroxylation sites is 1. The molecule has 8 heteroatoms. The number of nitrogens with zero attached hydrogens (tertiary/aromatic N) is 1. The molecule has 7 nitrogen and oxygen atoms in total. The van der Waals surface area contributed by atoms with Crippen LogP contribution in [0.15, 0.2) is 83.8 Å². The molecule has 3 aromatic rings. The van der Waals surface area contributed by atoms with E-state index in [1.54, 1.807) is 24.3 Å². The summed E-state index contributed by atoms with van der Waals surface area (Å²) < 4.78 is 35.1. The number of nitro benzene ring substituents is 1. The van der Waals surface area contributed by atoms with Crippen LogP contribution in [0.4, 0.5) is 5.69 Å². The topological polar surface area (TPSA) is 95.7 Å². The molecule has 26 heavy (non-hydrogen) atoms. The highest BCUT2D eigenvalue weighted by Gasteiger charge is 2.18. The summed E-state index contributed by atoms with van der Waals surface area (Å²) in [5.41, 5.74) is -0.202. The summed E-state index contributed by atoms with van der Waals surface area (Å²) in [5, 5.41) is 10.6. The average Bonchev–Trinajstić information content (AvgIpc) is 2.64. The van der Waals surface area contributed by atoms with Crippen molar-refractivity contribution in [1.29, 1.82) is 0 Å². The number of non-ortho nitro benzene ring substituents is 1. The first kappa shape index (κ1) is 17.4. The second-order valence-electron chi connectivity index (χ2n) is 5.17. The van der Waals surface area contributed by atoms with Crippen molar-refractivity contribution in [2.45, 2.75) is 4.90 Å². The fourth-order valence-corrected chi connectivity index (χ4v) is 3.03. The number of rotatable bonds is 6. The lowest BCUT2D eigenvalue weighted by atomic mass is 10.3. The zero-order chi connectivity index (χ0) is 18.6. The zero-order valence-electron chi connectivity index (χ0n) is 13.3. The Labute approximate surface area is 149 Å². The molecule has 0 bridgehead atoms. The minimum Gasteiger partial charge on any atom is -0.457 e. The molecule has 0 spiro atoms. The minimum absolute atomic E-state index is 0.101. The summed E-state index contributed by atoms with van der Waals surface area (Å²) in [4.78, 5) is 9.85. The van der Waals surface area contributed by atoms with E-state index in [0.29, 0.717) is 11.5 Å². The molecular formula is C18H13NO6S. The van der Waals surface area contributed by atoms with Gasteiger partial charge in [0.25, 0.3) is 5.69 Å².